The lowest BCUT2D eigenvalue weighted by Crippen LogP contribution is -2.12. The largest absolute Gasteiger partial charge is 0.0882 e. The van der Waals surface area contributed by atoms with E-state index >= 15 is 0 Å². The molecule has 0 aromatic rings. The molecule has 0 nitrogen and oxygen atoms in total. The first-order valence-corrected chi connectivity index (χ1v) is 4.27. The molecule has 0 aliphatic heterocycles. The molecule has 0 heteroatoms. The number of allylic oxidation sites excluding steroid dienone is 2. The highest BCUT2D eigenvalue weighted by Gasteiger charge is 2.20. The van der Waals surface area contributed by atoms with Gasteiger partial charge in [-0.3, -0.25) is 0 Å². The summed E-state index contributed by atoms with van der Waals surface area (Å²) in [4.78, 5) is 0. The van der Waals surface area contributed by atoms with E-state index in [-0.39, 0.29) is 0 Å². The molecular formula is C10H18. The van der Waals surface area contributed by atoms with Gasteiger partial charge in [0.05, 0.1) is 0 Å². The summed E-state index contributed by atoms with van der Waals surface area (Å²) in [5.74, 6) is 0.789. The van der Waals surface area contributed by atoms with E-state index in [1.54, 1.807) is 0 Å². The summed E-state index contributed by atoms with van der Waals surface area (Å²) in [5, 5.41) is 0. The van der Waals surface area contributed by atoms with Crippen molar-refractivity contribution in [3.05, 3.63) is 12.2 Å². The summed E-state index contributed by atoms with van der Waals surface area (Å²) in [6, 6.07) is 0. The quantitative estimate of drug-likeness (QED) is 0.450. The fraction of sp³-hybridized carbons (Fsp3) is 0.800. The molecule has 10 heavy (non-hydrogen) atoms. The van der Waals surface area contributed by atoms with Gasteiger partial charge in [-0.05, 0) is 30.6 Å². The smallest absolute Gasteiger partial charge is 0.0257 e. The van der Waals surface area contributed by atoms with Crippen LogP contribution in [0, 0.1) is 11.3 Å². The second kappa shape index (κ2) is 2.77. The van der Waals surface area contributed by atoms with Crippen molar-refractivity contribution in [2.24, 2.45) is 11.3 Å². The maximum atomic E-state index is 2.37. The summed E-state index contributed by atoms with van der Waals surface area (Å²) in [6.45, 7) is 7.05. The van der Waals surface area contributed by atoms with Crippen LogP contribution in [0.2, 0.25) is 0 Å². The maximum absolute atomic E-state index is 2.37. The summed E-state index contributed by atoms with van der Waals surface area (Å²) >= 11 is 0. The van der Waals surface area contributed by atoms with Crippen molar-refractivity contribution in [2.75, 3.05) is 0 Å². The number of hydrogen-bond donors (Lipinski definition) is 0. The van der Waals surface area contributed by atoms with Gasteiger partial charge < -0.3 is 0 Å². The Labute approximate surface area is 64.3 Å². The fourth-order valence-electron chi connectivity index (χ4n) is 1.84. The van der Waals surface area contributed by atoms with E-state index in [0.29, 0.717) is 5.41 Å². The van der Waals surface area contributed by atoms with Crippen LogP contribution in [0.4, 0.5) is 0 Å². The third-order valence-corrected chi connectivity index (χ3v) is 2.33. The minimum Gasteiger partial charge on any atom is -0.0882 e. The van der Waals surface area contributed by atoms with Crippen LogP contribution in [0.3, 0.4) is 0 Å². The standard InChI is InChI=1S/C10H18/c1-9-6-4-5-7-10(2,3)8-9/h4,6,9H,5,7-8H2,1-3H3. The van der Waals surface area contributed by atoms with Gasteiger partial charge in [0.15, 0.2) is 0 Å². The van der Waals surface area contributed by atoms with Crippen molar-refractivity contribution in [1.29, 1.82) is 0 Å². The first kappa shape index (κ1) is 7.84. The fourth-order valence-corrected chi connectivity index (χ4v) is 1.84. The molecule has 58 valence electrons. The van der Waals surface area contributed by atoms with Gasteiger partial charge in [-0.25, -0.2) is 0 Å². The van der Waals surface area contributed by atoms with Crippen molar-refractivity contribution in [3.63, 3.8) is 0 Å². The first-order valence-electron chi connectivity index (χ1n) is 4.27. The van der Waals surface area contributed by atoms with Crippen LogP contribution in [0.15, 0.2) is 12.2 Å². The summed E-state index contributed by atoms with van der Waals surface area (Å²) in [5.41, 5.74) is 0.572. The Morgan fingerprint density at radius 1 is 1.40 bits per heavy atom. The minimum atomic E-state index is 0.572. The topological polar surface area (TPSA) is 0 Å². The van der Waals surface area contributed by atoms with E-state index in [1.165, 1.54) is 19.3 Å². The van der Waals surface area contributed by atoms with Crippen LogP contribution in [0.1, 0.15) is 40.0 Å². The molecule has 1 unspecified atom stereocenters. The molecule has 0 amide bonds. The van der Waals surface area contributed by atoms with Crippen molar-refractivity contribution in [2.45, 2.75) is 40.0 Å². The zero-order chi connectivity index (χ0) is 7.61. The molecule has 1 aliphatic rings. The average molecular weight is 138 g/mol. The molecule has 0 fully saturated rings. The second-order valence-corrected chi connectivity index (χ2v) is 4.31. The van der Waals surface area contributed by atoms with Gasteiger partial charge in [-0.2, -0.15) is 0 Å². The molecule has 0 spiro atoms. The molecule has 0 heterocycles. The van der Waals surface area contributed by atoms with E-state index in [4.69, 9.17) is 0 Å². The Morgan fingerprint density at radius 2 is 2.10 bits per heavy atom. The van der Waals surface area contributed by atoms with E-state index in [9.17, 15) is 0 Å². The van der Waals surface area contributed by atoms with Crippen LogP contribution in [-0.2, 0) is 0 Å². The highest BCUT2D eigenvalue weighted by molar-refractivity contribution is 4.93. The van der Waals surface area contributed by atoms with Gasteiger partial charge in [-0.1, -0.05) is 32.9 Å². The van der Waals surface area contributed by atoms with E-state index in [0.717, 1.165) is 5.92 Å². The van der Waals surface area contributed by atoms with Crippen LogP contribution >= 0.6 is 0 Å². The summed E-state index contributed by atoms with van der Waals surface area (Å²) in [6.07, 6.45) is 8.67. The Morgan fingerprint density at radius 3 is 2.80 bits per heavy atom. The predicted octanol–water partition coefficient (Wildman–Crippen LogP) is 3.39. The maximum Gasteiger partial charge on any atom is -0.0257 e. The molecule has 0 bridgehead atoms. The molecule has 0 aromatic carbocycles. The zero-order valence-corrected chi connectivity index (χ0v) is 7.35. The van der Waals surface area contributed by atoms with E-state index in [1.807, 2.05) is 0 Å². The van der Waals surface area contributed by atoms with Crippen LogP contribution < -0.4 is 0 Å². The molecule has 0 saturated heterocycles. The number of hydrogen-bond acceptors (Lipinski definition) is 0. The SMILES string of the molecule is CC1C=CCCC(C)(C)C1. The van der Waals surface area contributed by atoms with Crippen molar-refractivity contribution < 1.29 is 0 Å². The molecule has 1 aliphatic carbocycles. The molecule has 1 rings (SSSR count). The van der Waals surface area contributed by atoms with Crippen LogP contribution in [0.5, 0.6) is 0 Å². The molecular weight excluding hydrogens is 120 g/mol. The average Bonchev–Trinajstić information content (AvgIpc) is 1.90. The Bertz CT molecular complexity index is 131. The van der Waals surface area contributed by atoms with Crippen LogP contribution in [0.25, 0.3) is 0 Å². The van der Waals surface area contributed by atoms with Crippen molar-refractivity contribution >= 4 is 0 Å². The van der Waals surface area contributed by atoms with Gasteiger partial charge in [0, 0.05) is 0 Å². The Hall–Kier alpha value is -0.260. The zero-order valence-electron chi connectivity index (χ0n) is 7.35. The predicted molar refractivity (Wildman–Crippen MR) is 45.9 cm³/mol. The molecule has 0 saturated carbocycles. The van der Waals surface area contributed by atoms with E-state index < -0.39 is 0 Å². The van der Waals surface area contributed by atoms with Gasteiger partial charge in [0.2, 0.25) is 0 Å². The monoisotopic (exact) mass is 138 g/mol. The highest BCUT2D eigenvalue weighted by Crippen LogP contribution is 2.33. The second-order valence-electron chi connectivity index (χ2n) is 4.31. The molecule has 0 radical (unpaired) electrons. The summed E-state index contributed by atoms with van der Waals surface area (Å²) in [7, 11) is 0. The third-order valence-electron chi connectivity index (χ3n) is 2.33. The molecule has 1 atom stereocenters. The Balaban J connectivity index is 2.55. The third kappa shape index (κ3) is 2.17. The normalized spacial score (nSPS) is 31.7. The Kier molecular flexibility index (Phi) is 2.18. The summed E-state index contributed by atoms with van der Waals surface area (Å²) < 4.78 is 0. The highest BCUT2D eigenvalue weighted by atomic mass is 14.3. The van der Waals surface area contributed by atoms with Gasteiger partial charge in [0.1, 0.15) is 0 Å². The van der Waals surface area contributed by atoms with Gasteiger partial charge in [0.25, 0.3) is 0 Å². The van der Waals surface area contributed by atoms with Gasteiger partial charge >= 0.3 is 0 Å². The van der Waals surface area contributed by atoms with Crippen molar-refractivity contribution in [1.82, 2.24) is 0 Å². The van der Waals surface area contributed by atoms with Crippen LogP contribution in [-0.4, -0.2) is 0 Å². The first-order chi connectivity index (χ1) is 4.60. The lowest BCUT2D eigenvalue weighted by Gasteiger charge is -2.24. The lowest BCUT2D eigenvalue weighted by molar-refractivity contribution is 0.288. The number of rotatable bonds is 0. The lowest BCUT2D eigenvalue weighted by atomic mass is 9.82. The minimum absolute atomic E-state index is 0.572. The molecule has 0 aromatic heterocycles. The van der Waals surface area contributed by atoms with E-state index in [2.05, 4.69) is 32.9 Å². The van der Waals surface area contributed by atoms with Gasteiger partial charge in [-0.15, -0.1) is 0 Å². The molecule has 0 N–H and O–H groups in total. The van der Waals surface area contributed by atoms with Crippen molar-refractivity contribution in [3.8, 4) is 0 Å².